The molecule has 1 amide bonds. The number of anilines is 1. The third kappa shape index (κ3) is 4.48. The van der Waals surface area contributed by atoms with E-state index in [1.54, 1.807) is 13.0 Å². The SMILES string of the molecule is CC(=O)N1CCC[C@](c2nnnn2CCC(C)C)(N2CCN(c3ccccc3F)CC2)C1. The van der Waals surface area contributed by atoms with Crippen LogP contribution in [0, 0.1) is 11.7 Å². The fourth-order valence-electron chi connectivity index (χ4n) is 5.04. The van der Waals surface area contributed by atoms with Crippen LogP contribution in [0.2, 0.25) is 0 Å². The monoisotopic (exact) mass is 443 g/mol. The summed E-state index contributed by atoms with van der Waals surface area (Å²) in [6.45, 7) is 11.1. The lowest BCUT2D eigenvalue weighted by molar-refractivity contribution is -0.134. The molecule has 1 atom stereocenters. The number of carbonyl (C=O) groups excluding carboxylic acids is 1. The van der Waals surface area contributed by atoms with E-state index >= 15 is 0 Å². The average Bonchev–Trinajstić information content (AvgIpc) is 3.27. The number of amides is 1. The first-order valence-electron chi connectivity index (χ1n) is 11.7. The largest absolute Gasteiger partial charge is 0.367 e. The van der Waals surface area contributed by atoms with Gasteiger partial charge in [0.2, 0.25) is 5.91 Å². The van der Waals surface area contributed by atoms with Crippen LogP contribution in [0.3, 0.4) is 0 Å². The minimum absolute atomic E-state index is 0.0836. The number of piperidine rings is 1. The third-order valence-electron chi connectivity index (χ3n) is 6.86. The highest BCUT2D eigenvalue weighted by atomic mass is 19.1. The number of benzene rings is 1. The number of hydrogen-bond acceptors (Lipinski definition) is 6. The third-order valence-corrected chi connectivity index (χ3v) is 6.86. The molecule has 2 aliphatic heterocycles. The molecule has 8 nitrogen and oxygen atoms in total. The zero-order chi connectivity index (χ0) is 22.7. The van der Waals surface area contributed by atoms with Gasteiger partial charge in [-0.05, 0) is 47.7 Å². The fourth-order valence-corrected chi connectivity index (χ4v) is 5.04. The Kier molecular flexibility index (Phi) is 6.74. The maximum Gasteiger partial charge on any atom is 0.219 e. The highest BCUT2D eigenvalue weighted by molar-refractivity contribution is 5.73. The molecule has 0 unspecified atom stereocenters. The number of para-hydroxylation sites is 1. The molecular weight excluding hydrogens is 409 g/mol. The summed E-state index contributed by atoms with van der Waals surface area (Å²) in [5.74, 6) is 1.30. The molecule has 0 bridgehead atoms. The minimum atomic E-state index is -0.425. The Morgan fingerprint density at radius 3 is 2.59 bits per heavy atom. The van der Waals surface area contributed by atoms with E-state index in [2.05, 4.69) is 39.2 Å². The normalized spacial score (nSPS) is 22.5. The van der Waals surface area contributed by atoms with Crippen molar-refractivity contribution in [3.8, 4) is 0 Å². The van der Waals surface area contributed by atoms with Gasteiger partial charge in [0.05, 0.1) is 5.69 Å². The van der Waals surface area contributed by atoms with Gasteiger partial charge in [0.1, 0.15) is 11.4 Å². The number of tetrazole rings is 1. The topological polar surface area (TPSA) is 70.4 Å². The van der Waals surface area contributed by atoms with Crippen LogP contribution in [-0.4, -0.2) is 75.2 Å². The van der Waals surface area contributed by atoms with E-state index in [9.17, 15) is 9.18 Å². The Morgan fingerprint density at radius 2 is 1.91 bits per heavy atom. The first kappa shape index (κ1) is 22.6. The van der Waals surface area contributed by atoms with E-state index in [-0.39, 0.29) is 11.7 Å². The Balaban J connectivity index is 1.61. The first-order valence-corrected chi connectivity index (χ1v) is 11.7. The van der Waals surface area contributed by atoms with E-state index in [1.807, 2.05) is 21.7 Å². The molecule has 2 aromatic rings. The molecule has 32 heavy (non-hydrogen) atoms. The number of carbonyl (C=O) groups is 1. The molecule has 2 saturated heterocycles. The first-order chi connectivity index (χ1) is 15.4. The van der Waals surface area contributed by atoms with Gasteiger partial charge < -0.3 is 9.80 Å². The molecule has 0 aliphatic carbocycles. The summed E-state index contributed by atoms with van der Waals surface area (Å²) >= 11 is 0. The van der Waals surface area contributed by atoms with Gasteiger partial charge in [0.25, 0.3) is 0 Å². The van der Waals surface area contributed by atoms with Gasteiger partial charge in [0.15, 0.2) is 5.82 Å². The van der Waals surface area contributed by atoms with Crippen LogP contribution in [0.1, 0.15) is 45.9 Å². The van der Waals surface area contributed by atoms with Crippen molar-refractivity contribution in [1.29, 1.82) is 0 Å². The number of halogens is 1. The number of likely N-dealkylation sites (tertiary alicyclic amines) is 1. The quantitative estimate of drug-likeness (QED) is 0.683. The second kappa shape index (κ2) is 9.52. The lowest BCUT2D eigenvalue weighted by Gasteiger charge is -2.51. The number of aromatic nitrogens is 4. The lowest BCUT2D eigenvalue weighted by atomic mass is 9.85. The zero-order valence-electron chi connectivity index (χ0n) is 19.4. The van der Waals surface area contributed by atoms with E-state index in [0.29, 0.717) is 18.2 Å². The minimum Gasteiger partial charge on any atom is -0.367 e. The van der Waals surface area contributed by atoms with Gasteiger partial charge >= 0.3 is 0 Å². The number of rotatable bonds is 6. The highest BCUT2D eigenvalue weighted by Gasteiger charge is 2.47. The van der Waals surface area contributed by atoms with Gasteiger partial charge in [-0.15, -0.1) is 5.10 Å². The molecule has 1 aromatic heterocycles. The molecule has 2 fully saturated rings. The van der Waals surface area contributed by atoms with Crippen LogP contribution < -0.4 is 4.90 Å². The summed E-state index contributed by atoms with van der Waals surface area (Å²) in [7, 11) is 0. The van der Waals surface area contributed by atoms with Crippen LogP contribution in [0.15, 0.2) is 24.3 Å². The molecule has 0 saturated carbocycles. The van der Waals surface area contributed by atoms with E-state index < -0.39 is 5.54 Å². The Bertz CT molecular complexity index is 925. The smallest absolute Gasteiger partial charge is 0.219 e. The second-order valence-electron chi connectivity index (χ2n) is 9.41. The van der Waals surface area contributed by atoms with Gasteiger partial charge in [-0.1, -0.05) is 26.0 Å². The van der Waals surface area contributed by atoms with Gasteiger partial charge in [-0.3, -0.25) is 9.69 Å². The number of piperazine rings is 1. The molecule has 2 aliphatic rings. The van der Waals surface area contributed by atoms with Crippen molar-refractivity contribution in [2.45, 2.75) is 52.1 Å². The fraction of sp³-hybridized carbons (Fsp3) is 0.652. The molecule has 4 rings (SSSR count). The summed E-state index contributed by atoms with van der Waals surface area (Å²) in [6.07, 6.45) is 2.80. The van der Waals surface area contributed by atoms with Crippen molar-refractivity contribution < 1.29 is 9.18 Å². The van der Waals surface area contributed by atoms with Crippen LogP contribution >= 0.6 is 0 Å². The van der Waals surface area contributed by atoms with Gasteiger partial charge in [-0.25, -0.2) is 9.07 Å². The van der Waals surface area contributed by atoms with Crippen molar-refractivity contribution in [3.05, 3.63) is 35.9 Å². The maximum atomic E-state index is 14.3. The van der Waals surface area contributed by atoms with Crippen molar-refractivity contribution in [1.82, 2.24) is 30.0 Å². The molecule has 0 N–H and O–H groups in total. The van der Waals surface area contributed by atoms with Crippen molar-refractivity contribution in [2.75, 3.05) is 44.2 Å². The predicted octanol–water partition coefficient (Wildman–Crippen LogP) is 2.52. The van der Waals surface area contributed by atoms with Crippen molar-refractivity contribution in [2.24, 2.45) is 5.92 Å². The van der Waals surface area contributed by atoms with Gasteiger partial charge in [0, 0.05) is 52.7 Å². The number of hydrogen-bond donors (Lipinski definition) is 0. The van der Waals surface area contributed by atoms with E-state index in [4.69, 9.17) is 0 Å². The number of aryl methyl sites for hydroxylation is 1. The standard InChI is InChI=1S/C23H34FN7O/c1-18(2)9-12-31-22(25-26-27-31)23(10-6-11-29(17-23)19(3)32)30-15-13-28(14-16-30)21-8-5-4-7-20(21)24/h4-5,7-8,18H,6,9-17H2,1-3H3/t23-/m0/s1. The van der Waals surface area contributed by atoms with Crippen LogP contribution in [0.25, 0.3) is 0 Å². The zero-order valence-corrected chi connectivity index (χ0v) is 19.4. The summed E-state index contributed by atoms with van der Waals surface area (Å²) < 4.78 is 16.3. The van der Waals surface area contributed by atoms with Crippen molar-refractivity contribution in [3.63, 3.8) is 0 Å². The molecule has 0 radical (unpaired) electrons. The summed E-state index contributed by atoms with van der Waals surface area (Å²) in [5.41, 5.74) is 0.225. The molecule has 174 valence electrons. The maximum absolute atomic E-state index is 14.3. The van der Waals surface area contributed by atoms with Crippen LogP contribution in [-0.2, 0) is 16.9 Å². The van der Waals surface area contributed by atoms with Gasteiger partial charge in [-0.2, -0.15) is 0 Å². The Morgan fingerprint density at radius 1 is 1.16 bits per heavy atom. The summed E-state index contributed by atoms with van der Waals surface area (Å²) in [6, 6.07) is 6.95. The molecule has 3 heterocycles. The molecule has 9 heteroatoms. The average molecular weight is 444 g/mol. The summed E-state index contributed by atoms with van der Waals surface area (Å²) in [5, 5.41) is 12.8. The predicted molar refractivity (Wildman–Crippen MR) is 121 cm³/mol. The van der Waals surface area contributed by atoms with E-state index in [0.717, 1.165) is 64.4 Å². The lowest BCUT2D eigenvalue weighted by Crippen LogP contribution is -2.62. The van der Waals surface area contributed by atoms with Crippen molar-refractivity contribution >= 4 is 11.6 Å². The Hall–Kier alpha value is -2.55. The number of nitrogens with zero attached hydrogens (tertiary/aromatic N) is 7. The summed E-state index contributed by atoms with van der Waals surface area (Å²) in [4.78, 5) is 18.8. The highest BCUT2D eigenvalue weighted by Crippen LogP contribution is 2.38. The van der Waals surface area contributed by atoms with Crippen LogP contribution in [0.5, 0.6) is 0 Å². The second-order valence-corrected chi connectivity index (χ2v) is 9.41. The van der Waals surface area contributed by atoms with E-state index in [1.165, 1.54) is 6.07 Å². The molecule has 1 aromatic carbocycles. The Labute approximate surface area is 189 Å². The van der Waals surface area contributed by atoms with Crippen LogP contribution in [0.4, 0.5) is 10.1 Å². The molecule has 0 spiro atoms. The molecular formula is C23H34FN7O.